The number of nitrogens with one attached hydrogen (secondary N) is 1. The van der Waals surface area contributed by atoms with E-state index in [2.05, 4.69) is 22.3 Å². The van der Waals surface area contributed by atoms with Gasteiger partial charge in [0, 0.05) is 23.6 Å². The minimum Gasteiger partial charge on any atom is -0.497 e. The van der Waals surface area contributed by atoms with Gasteiger partial charge in [0.1, 0.15) is 5.75 Å². The Kier molecular flexibility index (Phi) is 5.57. The molecule has 0 fully saturated rings. The normalized spacial score (nSPS) is 10.6. The van der Waals surface area contributed by atoms with E-state index in [1.54, 1.807) is 30.3 Å². The smallest absolute Gasteiger partial charge is 0.276 e. The molecule has 1 N–H and O–H groups in total. The quantitative estimate of drug-likeness (QED) is 0.509. The SMILES string of the molecule is CCc1ccc(NC(=O)c2cc(-c3cccnc3)n(-c3ccc(OC)cc3)n2)cc1. The molecular weight excluding hydrogens is 376 g/mol. The molecule has 0 bridgehead atoms. The van der Waals surface area contributed by atoms with E-state index in [1.165, 1.54) is 5.56 Å². The lowest BCUT2D eigenvalue weighted by Crippen LogP contribution is -2.13. The van der Waals surface area contributed by atoms with Crippen molar-refractivity contribution in [1.29, 1.82) is 0 Å². The van der Waals surface area contributed by atoms with Crippen LogP contribution in [0.5, 0.6) is 5.75 Å². The minimum atomic E-state index is -0.267. The van der Waals surface area contributed by atoms with Crippen molar-refractivity contribution in [2.75, 3.05) is 12.4 Å². The van der Waals surface area contributed by atoms with Gasteiger partial charge in [-0.3, -0.25) is 9.78 Å². The highest BCUT2D eigenvalue weighted by atomic mass is 16.5. The number of hydrogen-bond donors (Lipinski definition) is 1. The van der Waals surface area contributed by atoms with Crippen LogP contribution in [0.15, 0.2) is 79.1 Å². The Morgan fingerprint density at radius 3 is 2.47 bits per heavy atom. The van der Waals surface area contributed by atoms with E-state index in [0.29, 0.717) is 5.69 Å². The summed E-state index contributed by atoms with van der Waals surface area (Å²) >= 11 is 0. The molecule has 6 heteroatoms. The molecule has 0 radical (unpaired) electrons. The van der Waals surface area contributed by atoms with Crippen molar-refractivity contribution in [3.63, 3.8) is 0 Å². The number of benzene rings is 2. The van der Waals surface area contributed by atoms with Gasteiger partial charge in [-0.15, -0.1) is 0 Å². The van der Waals surface area contributed by atoms with Gasteiger partial charge in [0.25, 0.3) is 5.91 Å². The summed E-state index contributed by atoms with van der Waals surface area (Å²) in [6.45, 7) is 2.10. The largest absolute Gasteiger partial charge is 0.497 e. The van der Waals surface area contributed by atoms with Crippen LogP contribution in [0.1, 0.15) is 23.0 Å². The van der Waals surface area contributed by atoms with Crippen molar-refractivity contribution < 1.29 is 9.53 Å². The van der Waals surface area contributed by atoms with Crippen molar-refractivity contribution in [2.24, 2.45) is 0 Å². The van der Waals surface area contributed by atoms with E-state index >= 15 is 0 Å². The van der Waals surface area contributed by atoms with Gasteiger partial charge in [-0.05, 0) is 66.6 Å². The van der Waals surface area contributed by atoms with Gasteiger partial charge in [0.2, 0.25) is 0 Å². The van der Waals surface area contributed by atoms with Crippen molar-refractivity contribution in [1.82, 2.24) is 14.8 Å². The lowest BCUT2D eigenvalue weighted by atomic mass is 10.1. The number of aromatic nitrogens is 3. The van der Waals surface area contributed by atoms with Crippen LogP contribution >= 0.6 is 0 Å². The van der Waals surface area contributed by atoms with Gasteiger partial charge < -0.3 is 10.1 Å². The number of carbonyl (C=O) groups is 1. The molecule has 150 valence electrons. The van der Waals surface area contributed by atoms with Crippen LogP contribution in [0.4, 0.5) is 5.69 Å². The van der Waals surface area contributed by atoms with Crippen LogP contribution in [-0.4, -0.2) is 27.8 Å². The van der Waals surface area contributed by atoms with Gasteiger partial charge in [-0.2, -0.15) is 5.10 Å². The van der Waals surface area contributed by atoms with Crippen molar-refractivity contribution in [2.45, 2.75) is 13.3 Å². The number of hydrogen-bond acceptors (Lipinski definition) is 4. The van der Waals surface area contributed by atoms with Crippen LogP contribution in [0.25, 0.3) is 16.9 Å². The first-order valence-corrected chi connectivity index (χ1v) is 9.73. The van der Waals surface area contributed by atoms with Crippen molar-refractivity contribution in [3.05, 3.63) is 90.4 Å². The van der Waals surface area contributed by atoms with Gasteiger partial charge in [0.15, 0.2) is 5.69 Å². The first kappa shape index (κ1) is 19.4. The summed E-state index contributed by atoms with van der Waals surface area (Å²) in [5.74, 6) is 0.485. The van der Waals surface area contributed by atoms with Gasteiger partial charge in [0.05, 0.1) is 18.5 Å². The zero-order valence-electron chi connectivity index (χ0n) is 16.9. The Morgan fingerprint density at radius 1 is 1.07 bits per heavy atom. The number of aryl methyl sites for hydroxylation is 1. The third-order valence-corrected chi connectivity index (χ3v) is 4.84. The average Bonchev–Trinajstić information content (AvgIpc) is 3.26. The standard InChI is InChI=1S/C24H22N4O2/c1-3-17-6-8-19(9-7-17)26-24(29)22-15-23(18-5-4-14-25-16-18)28(27-22)20-10-12-21(30-2)13-11-20/h4-16H,3H2,1-2H3,(H,26,29). The van der Waals surface area contributed by atoms with Crippen molar-refractivity contribution >= 4 is 11.6 Å². The molecule has 4 rings (SSSR count). The zero-order valence-corrected chi connectivity index (χ0v) is 16.9. The highest BCUT2D eigenvalue weighted by Gasteiger charge is 2.17. The van der Waals surface area contributed by atoms with E-state index in [-0.39, 0.29) is 5.91 Å². The maximum absolute atomic E-state index is 12.9. The lowest BCUT2D eigenvalue weighted by molar-refractivity contribution is 0.102. The van der Waals surface area contributed by atoms with Crippen LogP contribution in [0, 0.1) is 0 Å². The second kappa shape index (κ2) is 8.61. The molecule has 0 aliphatic heterocycles. The number of carbonyl (C=O) groups excluding carboxylic acids is 1. The Balaban J connectivity index is 1.69. The van der Waals surface area contributed by atoms with E-state index in [1.807, 2.05) is 60.7 Å². The second-order valence-electron chi connectivity index (χ2n) is 6.77. The molecule has 0 aliphatic rings. The summed E-state index contributed by atoms with van der Waals surface area (Å²) in [5, 5.41) is 7.50. The highest BCUT2D eigenvalue weighted by molar-refractivity contribution is 6.03. The average molecular weight is 398 g/mol. The van der Waals surface area contributed by atoms with Crippen molar-refractivity contribution in [3.8, 4) is 22.7 Å². The van der Waals surface area contributed by atoms with Gasteiger partial charge in [-0.25, -0.2) is 4.68 Å². The maximum Gasteiger partial charge on any atom is 0.276 e. The molecule has 2 heterocycles. The maximum atomic E-state index is 12.9. The summed E-state index contributed by atoms with van der Waals surface area (Å²) in [4.78, 5) is 17.1. The molecule has 4 aromatic rings. The van der Waals surface area contributed by atoms with Gasteiger partial charge in [-0.1, -0.05) is 19.1 Å². The summed E-state index contributed by atoms with van der Waals surface area (Å²) in [5.41, 5.74) is 4.74. The third-order valence-electron chi connectivity index (χ3n) is 4.84. The topological polar surface area (TPSA) is 69.0 Å². The summed E-state index contributed by atoms with van der Waals surface area (Å²) in [7, 11) is 1.62. The fourth-order valence-electron chi connectivity index (χ4n) is 3.15. The summed E-state index contributed by atoms with van der Waals surface area (Å²) in [6.07, 6.45) is 4.42. The van der Waals surface area contributed by atoms with Gasteiger partial charge >= 0.3 is 0 Å². The van der Waals surface area contributed by atoms with Crippen LogP contribution in [-0.2, 0) is 6.42 Å². The van der Waals surface area contributed by atoms with Crippen LogP contribution in [0.3, 0.4) is 0 Å². The molecule has 2 aromatic carbocycles. The Bertz CT molecular complexity index is 1130. The van der Waals surface area contributed by atoms with E-state index < -0.39 is 0 Å². The number of pyridine rings is 1. The summed E-state index contributed by atoms with van der Waals surface area (Å²) < 4.78 is 6.98. The fourth-order valence-corrected chi connectivity index (χ4v) is 3.15. The van der Waals surface area contributed by atoms with E-state index in [4.69, 9.17) is 4.74 Å². The monoisotopic (exact) mass is 398 g/mol. The highest BCUT2D eigenvalue weighted by Crippen LogP contribution is 2.25. The minimum absolute atomic E-state index is 0.267. The van der Waals surface area contributed by atoms with E-state index in [9.17, 15) is 4.79 Å². The molecule has 6 nitrogen and oxygen atoms in total. The molecule has 30 heavy (non-hydrogen) atoms. The Hall–Kier alpha value is -3.93. The van der Waals surface area contributed by atoms with Crippen LogP contribution in [0.2, 0.25) is 0 Å². The van der Waals surface area contributed by atoms with E-state index in [0.717, 1.165) is 34.8 Å². The second-order valence-corrected chi connectivity index (χ2v) is 6.77. The molecule has 1 amide bonds. The first-order valence-electron chi connectivity index (χ1n) is 9.73. The molecule has 0 atom stereocenters. The molecule has 0 saturated carbocycles. The number of anilines is 1. The predicted octanol–water partition coefficient (Wildman–Crippen LogP) is 4.76. The number of rotatable bonds is 6. The first-order chi connectivity index (χ1) is 14.7. The Morgan fingerprint density at radius 2 is 1.83 bits per heavy atom. The summed E-state index contributed by atoms with van der Waals surface area (Å²) in [6, 6.07) is 20.9. The third kappa shape index (κ3) is 4.07. The number of amides is 1. The predicted molar refractivity (Wildman–Crippen MR) is 117 cm³/mol. The molecule has 0 saturated heterocycles. The molecule has 0 aliphatic carbocycles. The lowest BCUT2D eigenvalue weighted by Gasteiger charge is -2.08. The Labute approximate surface area is 175 Å². The molecule has 2 aromatic heterocycles. The number of methoxy groups -OCH3 is 1. The molecule has 0 spiro atoms. The number of ether oxygens (including phenoxy) is 1. The molecular formula is C24H22N4O2. The zero-order chi connectivity index (χ0) is 20.9. The van der Waals surface area contributed by atoms with Crippen LogP contribution < -0.4 is 10.1 Å². The number of nitrogens with zero attached hydrogens (tertiary/aromatic N) is 3. The molecule has 0 unspecified atom stereocenters. The fraction of sp³-hybridized carbons (Fsp3) is 0.125.